The van der Waals surface area contributed by atoms with Gasteiger partial charge in [-0.25, -0.2) is 8.42 Å². The summed E-state index contributed by atoms with van der Waals surface area (Å²) in [6.45, 7) is 7.54. The third-order valence-corrected chi connectivity index (χ3v) is 6.67. The Morgan fingerprint density at radius 2 is 1.68 bits per heavy atom. The van der Waals surface area contributed by atoms with Gasteiger partial charge in [0.2, 0.25) is 15.9 Å². The van der Waals surface area contributed by atoms with Crippen LogP contribution in [0.2, 0.25) is 5.02 Å². The van der Waals surface area contributed by atoms with Crippen LogP contribution in [0.15, 0.2) is 78.7 Å². The van der Waals surface area contributed by atoms with E-state index in [9.17, 15) is 13.2 Å². The molecular formula is C22H24ClN3O3S2. The number of benzene rings is 2. The number of nitrogens with zero attached hydrogens (tertiary/aromatic N) is 1. The molecule has 0 aliphatic carbocycles. The molecule has 2 N–H and O–H groups in total. The van der Waals surface area contributed by atoms with Crippen LogP contribution in [-0.2, 0) is 21.2 Å². The maximum absolute atomic E-state index is 12.7. The molecule has 0 atom stereocenters. The quantitative estimate of drug-likeness (QED) is 0.397. The van der Waals surface area contributed by atoms with Crippen LogP contribution in [0.3, 0.4) is 0 Å². The number of thiocarbonyl (C=S) groups is 1. The Bertz CT molecular complexity index is 1040. The van der Waals surface area contributed by atoms with Crippen molar-refractivity contribution in [1.82, 2.24) is 9.62 Å². The normalized spacial score (nSPS) is 11.0. The molecule has 0 spiro atoms. The second kappa shape index (κ2) is 11.8. The topological polar surface area (TPSA) is 78.5 Å². The Balaban J connectivity index is 1.93. The van der Waals surface area contributed by atoms with Gasteiger partial charge in [0.05, 0.1) is 4.90 Å². The van der Waals surface area contributed by atoms with E-state index in [-0.39, 0.29) is 35.4 Å². The van der Waals surface area contributed by atoms with Crippen molar-refractivity contribution in [3.63, 3.8) is 0 Å². The van der Waals surface area contributed by atoms with Gasteiger partial charge >= 0.3 is 0 Å². The standard InChI is InChI=1S/C22H24ClN3O3S2/c1-3-15-26(16-4-2)31(28,29)19-12-10-18(11-13-19)24-22(30)25-21(27)14-9-17-7-5-6-8-20(17)23/h3-8,10-13H,1-2,9,14-16H2,(H2,24,25,27,30). The Labute approximate surface area is 193 Å². The third kappa shape index (κ3) is 7.29. The molecule has 0 saturated heterocycles. The van der Waals surface area contributed by atoms with Gasteiger partial charge in [0, 0.05) is 30.2 Å². The highest BCUT2D eigenvalue weighted by molar-refractivity contribution is 7.89. The number of halogens is 1. The molecule has 0 fully saturated rings. The lowest BCUT2D eigenvalue weighted by Gasteiger charge is -2.19. The summed E-state index contributed by atoms with van der Waals surface area (Å²) in [7, 11) is -3.68. The molecule has 2 aromatic rings. The highest BCUT2D eigenvalue weighted by Gasteiger charge is 2.22. The van der Waals surface area contributed by atoms with Crippen molar-refractivity contribution in [3.8, 4) is 0 Å². The van der Waals surface area contributed by atoms with E-state index in [1.165, 1.54) is 28.6 Å². The predicted molar refractivity (Wildman–Crippen MR) is 130 cm³/mol. The van der Waals surface area contributed by atoms with E-state index in [4.69, 9.17) is 23.8 Å². The lowest BCUT2D eigenvalue weighted by Crippen LogP contribution is -2.34. The molecule has 6 nitrogen and oxygen atoms in total. The molecule has 9 heteroatoms. The minimum atomic E-state index is -3.68. The van der Waals surface area contributed by atoms with Gasteiger partial charge in [-0.3, -0.25) is 4.79 Å². The molecule has 164 valence electrons. The lowest BCUT2D eigenvalue weighted by molar-refractivity contribution is -0.119. The monoisotopic (exact) mass is 477 g/mol. The number of rotatable bonds is 10. The van der Waals surface area contributed by atoms with E-state index in [1.807, 2.05) is 18.2 Å². The van der Waals surface area contributed by atoms with Crippen molar-refractivity contribution >= 4 is 50.5 Å². The summed E-state index contributed by atoms with van der Waals surface area (Å²) in [6.07, 6.45) is 3.76. The van der Waals surface area contributed by atoms with Crippen LogP contribution in [0.1, 0.15) is 12.0 Å². The van der Waals surface area contributed by atoms with Gasteiger partial charge < -0.3 is 10.6 Å². The molecular weight excluding hydrogens is 454 g/mol. The van der Waals surface area contributed by atoms with Gasteiger partial charge in [-0.2, -0.15) is 4.31 Å². The molecule has 0 aliphatic heterocycles. The van der Waals surface area contributed by atoms with E-state index in [0.717, 1.165) is 5.56 Å². The zero-order valence-corrected chi connectivity index (χ0v) is 19.3. The summed E-state index contributed by atoms with van der Waals surface area (Å²) >= 11 is 11.3. The summed E-state index contributed by atoms with van der Waals surface area (Å²) in [6, 6.07) is 13.4. The smallest absolute Gasteiger partial charge is 0.243 e. The predicted octanol–water partition coefficient (Wildman–Crippen LogP) is 4.15. The molecule has 2 aromatic carbocycles. The molecule has 0 unspecified atom stereocenters. The Kier molecular flexibility index (Phi) is 9.39. The minimum Gasteiger partial charge on any atom is -0.332 e. The molecule has 0 heterocycles. The number of nitrogens with one attached hydrogen (secondary N) is 2. The maximum atomic E-state index is 12.7. The van der Waals surface area contributed by atoms with Crippen LogP contribution in [0, 0.1) is 0 Å². The molecule has 2 rings (SSSR count). The molecule has 0 aromatic heterocycles. The number of aryl methyl sites for hydroxylation is 1. The Morgan fingerprint density at radius 3 is 2.26 bits per heavy atom. The second-order valence-electron chi connectivity index (χ2n) is 6.52. The zero-order valence-electron chi connectivity index (χ0n) is 16.9. The van der Waals surface area contributed by atoms with Crippen LogP contribution in [0.4, 0.5) is 5.69 Å². The van der Waals surface area contributed by atoms with E-state index >= 15 is 0 Å². The molecule has 0 bridgehead atoms. The van der Waals surface area contributed by atoms with Crippen molar-refractivity contribution in [1.29, 1.82) is 0 Å². The summed E-state index contributed by atoms with van der Waals surface area (Å²) in [5, 5.41) is 6.22. The number of hydrogen-bond donors (Lipinski definition) is 2. The fourth-order valence-corrected chi connectivity index (χ4v) is 4.56. The fraction of sp³-hybridized carbons (Fsp3) is 0.182. The van der Waals surface area contributed by atoms with Crippen LogP contribution in [0.5, 0.6) is 0 Å². The Morgan fingerprint density at radius 1 is 1.06 bits per heavy atom. The minimum absolute atomic E-state index is 0.125. The first-order chi connectivity index (χ1) is 14.8. The van der Waals surface area contributed by atoms with Crippen LogP contribution < -0.4 is 10.6 Å². The van der Waals surface area contributed by atoms with Crippen molar-refractivity contribution in [2.24, 2.45) is 0 Å². The number of hydrogen-bond acceptors (Lipinski definition) is 4. The Hall–Kier alpha value is -2.52. The highest BCUT2D eigenvalue weighted by atomic mass is 35.5. The van der Waals surface area contributed by atoms with Crippen molar-refractivity contribution in [2.45, 2.75) is 17.7 Å². The first-order valence-corrected chi connectivity index (χ1v) is 11.7. The first-order valence-electron chi connectivity index (χ1n) is 9.44. The molecule has 0 aliphatic rings. The highest BCUT2D eigenvalue weighted by Crippen LogP contribution is 2.19. The average molecular weight is 478 g/mol. The lowest BCUT2D eigenvalue weighted by atomic mass is 10.1. The third-order valence-electron chi connectivity index (χ3n) is 4.25. The fourth-order valence-electron chi connectivity index (χ4n) is 2.72. The maximum Gasteiger partial charge on any atom is 0.243 e. The molecule has 0 saturated carbocycles. The summed E-state index contributed by atoms with van der Waals surface area (Å²) in [5.74, 6) is -0.249. The number of sulfonamides is 1. The van der Waals surface area contributed by atoms with Crippen LogP contribution in [0.25, 0.3) is 0 Å². The van der Waals surface area contributed by atoms with Crippen molar-refractivity contribution in [3.05, 3.63) is 84.4 Å². The van der Waals surface area contributed by atoms with Gasteiger partial charge in [-0.05, 0) is 54.5 Å². The van der Waals surface area contributed by atoms with Crippen LogP contribution >= 0.6 is 23.8 Å². The first kappa shape index (κ1) is 24.7. The van der Waals surface area contributed by atoms with E-state index in [2.05, 4.69) is 23.8 Å². The molecule has 0 radical (unpaired) electrons. The summed E-state index contributed by atoms with van der Waals surface area (Å²) in [5.41, 5.74) is 1.44. The number of carbonyl (C=O) groups excluding carboxylic acids is 1. The van der Waals surface area contributed by atoms with Gasteiger partial charge in [-0.1, -0.05) is 42.0 Å². The van der Waals surface area contributed by atoms with Crippen molar-refractivity contribution < 1.29 is 13.2 Å². The van der Waals surface area contributed by atoms with Crippen molar-refractivity contribution in [2.75, 3.05) is 18.4 Å². The van der Waals surface area contributed by atoms with Gasteiger partial charge in [0.1, 0.15) is 0 Å². The number of anilines is 1. The van der Waals surface area contributed by atoms with E-state index in [0.29, 0.717) is 17.1 Å². The van der Waals surface area contributed by atoms with Gasteiger partial charge in [0.25, 0.3) is 0 Å². The number of amides is 1. The van der Waals surface area contributed by atoms with Crippen LogP contribution in [-0.4, -0.2) is 36.8 Å². The van der Waals surface area contributed by atoms with E-state index in [1.54, 1.807) is 18.2 Å². The van der Waals surface area contributed by atoms with E-state index < -0.39 is 10.0 Å². The summed E-state index contributed by atoms with van der Waals surface area (Å²) in [4.78, 5) is 12.3. The molecule has 31 heavy (non-hydrogen) atoms. The van der Waals surface area contributed by atoms with Gasteiger partial charge in [0.15, 0.2) is 5.11 Å². The zero-order chi connectivity index (χ0) is 22.9. The number of carbonyl (C=O) groups is 1. The largest absolute Gasteiger partial charge is 0.332 e. The average Bonchev–Trinajstić information content (AvgIpc) is 2.73. The second-order valence-corrected chi connectivity index (χ2v) is 9.27. The SMILES string of the molecule is C=CCN(CC=C)S(=O)(=O)c1ccc(NC(=S)NC(=O)CCc2ccccc2Cl)cc1. The summed E-state index contributed by atoms with van der Waals surface area (Å²) < 4.78 is 26.7. The van der Waals surface area contributed by atoms with Gasteiger partial charge in [-0.15, -0.1) is 13.2 Å². The molecule has 1 amide bonds.